The maximum atomic E-state index is 12.1. The van der Waals surface area contributed by atoms with E-state index in [1.54, 1.807) is 24.4 Å². The molecule has 0 atom stereocenters. The molecule has 1 amide bonds. The van der Waals surface area contributed by atoms with Gasteiger partial charge in [-0.05, 0) is 29.8 Å². The van der Waals surface area contributed by atoms with Crippen molar-refractivity contribution in [1.29, 1.82) is 0 Å². The molecule has 23 heavy (non-hydrogen) atoms. The van der Waals surface area contributed by atoms with Crippen molar-refractivity contribution in [2.24, 2.45) is 0 Å². The van der Waals surface area contributed by atoms with Gasteiger partial charge < -0.3 is 10.1 Å². The van der Waals surface area contributed by atoms with E-state index in [4.69, 9.17) is 16.3 Å². The SMILES string of the molecule is O=C(Nc1ccc(CN2CCOCC2)c(Cl)c1)c1cccnc1. The van der Waals surface area contributed by atoms with Crippen LogP contribution in [0.3, 0.4) is 0 Å². The molecule has 1 N–H and O–H groups in total. The molecule has 0 spiro atoms. The van der Waals surface area contributed by atoms with Crippen LogP contribution in [0, 0.1) is 0 Å². The zero-order chi connectivity index (χ0) is 16.1. The molecule has 0 aliphatic carbocycles. The lowest BCUT2D eigenvalue weighted by atomic mass is 10.1. The van der Waals surface area contributed by atoms with E-state index in [1.807, 2.05) is 12.1 Å². The van der Waals surface area contributed by atoms with E-state index in [0.717, 1.165) is 38.4 Å². The highest BCUT2D eigenvalue weighted by molar-refractivity contribution is 6.31. The van der Waals surface area contributed by atoms with Gasteiger partial charge in [-0.1, -0.05) is 17.7 Å². The summed E-state index contributed by atoms with van der Waals surface area (Å²) in [5, 5.41) is 3.49. The van der Waals surface area contributed by atoms with Gasteiger partial charge in [-0.2, -0.15) is 0 Å². The molecule has 2 heterocycles. The summed E-state index contributed by atoms with van der Waals surface area (Å²) in [6, 6.07) is 9.06. The number of pyridine rings is 1. The van der Waals surface area contributed by atoms with E-state index in [1.165, 1.54) is 6.20 Å². The second-order valence-corrected chi connectivity index (χ2v) is 5.80. The molecule has 0 bridgehead atoms. The predicted molar refractivity (Wildman–Crippen MR) is 89.7 cm³/mol. The van der Waals surface area contributed by atoms with Gasteiger partial charge in [0.25, 0.3) is 5.91 Å². The van der Waals surface area contributed by atoms with Gasteiger partial charge in [0.15, 0.2) is 0 Å². The molecule has 1 saturated heterocycles. The quantitative estimate of drug-likeness (QED) is 0.936. The Morgan fingerprint density at radius 2 is 2.13 bits per heavy atom. The Labute approximate surface area is 140 Å². The number of anilines is 1. The smallest absolute Gasteiger partial charge is 0.257 e. The number of morpholine rings is 1. The van der Waals surface area contributed by atoms with Crippen molar-refractivity contribution >= 4 is 23.2 Å². The molecular formula is C17H18ClN3O2. The van der Waals surface area contributed by atoms with Crippen LogP contribution < -0.4 is 5.32 Å². The lowest BCUT2D eigenvalue weighted by Gasteiger charge is -2.27. The molecule has 1 fully saturated rings. The number of amides is 1. The summed E-state index contributed by atoms with van der Waals surface area (Å²) in [7, 11) is 0. The predicted octanol–water partition coefficient (Wildman–Crippen LogP) is 2.82. The third-order valence-corrected chi connectivity index (χ3v) is 4.08. The van der Waals surface area contributed by atoms with Crippen LogP contribution in [-0.4, -0.2) is 42.1 Å². The number of ether oxygens (including phenoxy) is 1. The van der Waals surface area contributed by atoms with Crippen LogP contribution in [0.4, 0.5) is 5.69 Å². The molecule has 0 saturated carbocycles. The molecule has 2 aromatic rings. The number of hydrogen-bond acceptors (Lipinski definition) is 4. The van der Waals surface area contributed by atoms with Gasteiger partial charge in [-0.15, -0.1) is 0 Å². The average molecular weight is 332 g/mol. The van der Waals surface area contributed by atoms with Crippen molar-refractivity contribution in [2.75, 3.05) is 31.6 Å². The Hall–Kier alpha value is -1.95. The Morgan fingerprint density at radius 1 is 1.30 bits per heavy atom. The fourth-order valence-electron chi connectivity index (χ4n) is 2.45. The summed E-state index contributed by atoms with van der Waals surface area (Å²) in [5.74, 6) is -0.199. The summed E-state index contributed by atoms with van der Waals surface area (Å²) >= 11 is 6.36. The summed E-state index contributed by atoms with van der Waals surface area (Å²) in [6.07, 6.45) is 3.16. The molecule has 1 aliphatic heterocycles. The first-order chi connectivity index (χ1) is 11.2. The Morgan fingerprint density at radius 3 is 2.83 bits per heavy atom. The fourth-order valence-corrected chi connectivity index (χ4v) is 2.69. The Kier molecular flexibility index (Phi) is 5.23. The maximum Gasteiger partial charge on any atom is 0.257 e. The first-order valence-corrected chi connectivity index (χ1v) is 7.90. The summed E-state index contributed by atoms with van der Waals surface area (Å²) < 4.78 is 5.35. The highest BCUT2D eigenvalue weighted by Crippen LogP contribution is 2.23. The number of carbonyl (C=O) groups excluding carboxylic acids is 1. The minimum atomic E-state index is -0.199. The van der Waals surface area contributed by atoms with Crippen LogP contribution in [0.15, 0.2) is 42.7 Å². The van der Waals surface area contributed by atoms with Crippen molar-refractivity contribution in [3.05, 3.63) is 58.9 Å². The van der Waals surface area contributed by atoms with E-state index in [9.17, 15) is 4.79 Å². The van der Waals surface area contributed by atoms with Crippen LogP contribution in [0.1, 0.15) is 15.9 Å². The van der Waals surface area contributed by atoms with Gasteiger partial charge in [0, 0.05) is 42.7 Å². The highest BCUT2D eigenvalue weighted by Gasteiger charge is 2.13. The molecule has 1 aromatic carbocycles. The molecule has 120 valence electrons. The normalized spacial score (nSPS) is 15.3. The van der Waals surface area contributed by atoms with Crippen molar-refractivity contribution in [1.82, 2.24) is 9.88 Å². The maximum absolute atomic E-state index is 12.1. The van der Waals surface area contributed by atoms with Crippen LogP contribution in [0.25, 0.3) is 0 Å². The van der Waals surface area contributed by atoms with E-state index < -0.39 is 0 Å². The largest absolute Gasteiger partial charge is 0.379 e. The zero-order valence-electron chi connectivity index (χ0n) is 12.7. The summed E-state index contributed by atoms with van der Waals surface area (Å²) in [5.41, 5.74) is 2.24. The summed E-state index contributed by atoms with van der Waals surface area (Å²) in [6.45, 7) is 4.14. The van der Waals surface area contributed by atoms with Gasteiger partial charge >= 0.3 is 0 Å². The number of benzene rings is 1. The number of aromatic nitrogens is 1. The molecule has 3 rings (SSSR count). The molecule has 0 unspecified atom stereocenters. The lowest BCUT2D eigenvalue weighted by molar-refractivity contribution is 0.0342. The average Bonchev–Trinajstić information content (AvgIpc) is 2.59. The van der Waals surface area contributed by atoms with Gasteiger partial charge in [0.2, 0.25) is 0 Å². The standard InChI is InChI=1S/C17H18ClN3O2/c18-16-10-15(20-17(22)13-2-1-5-19-11-13)4-3-14(16)12-21-6-8-23-9-7-21/h1-5,10-11H,6-9,12H2,(H,20,22). The van der Waals surface area contributed by atoms with Crippen LogP contribution in [-0.2, 0) is 11.3 Å². The lowest BCUT2D eigenvalue weighted by Crippen LogP contribution is -2.35. The Balaban J connectivity index is 1.65. The van der Waals surface area contributed by atoms with Crippen molar-refractivity contribution in [3.63, 3.8) is 0 Å². The number of hydrogen-bond donors (Lipinski definition) is 1. The van der Waals surface area contributed by atoms with E-state index in [2.05, 4.69) is 15.2 Å². The van der Waals surface area contributed by atoms with Crippen molar-refractivity contribution < 1.29 is 9.53 Å². The number of carbonyl (C=O) groups is 1. The minimum absolute atomic E-state index is 0.199. The van der Waals surface area contributed by atoms with Crippen LogP contribution in [0.5, 0.6) is 0 Å². The van der Waals surface area contributed by atoms with Crippen LogP contribution in [0.2, 0.25) is 5.02 Å². The second-order valence-electron chi connectivity index (χ2n) is 5.39. The molecule has 1 aromatic heterocycles. The molecule has 1 aliphatic rings. The second kappa shape index (κ2) is 7.55. The zero-order valence-corrected chi connectivity index (χ0v) is 13.4. The molecule has 6 heteroatoms. The van der Waals surface area contributed by atoms with Crippen LogP contribution >= 0.6 is 11.6 Å². The number of halogens is 1. The topological polar surface area (TPSA) is 54.5 Å². The third kappa shape index (κ3) is 4.28. The number of nitrogens with zero attached hydrogens (tertiary/aromatic N) is 2. The molecular weight excluding hydrogens is 314 g/mol. The van der Waals surface area contributed by atoms with E-state index >= 15 is 0 Å². The highest BCUT2D eigenvalue weighted by atomic mass is 35.5. The number of rotatable bonds is 4. The fraction of sp³-hybridized carbons (Fsp3) is 0.294. The van der Waals surface area contributed by atoms with Gasteiger partial charge in [-0.3, -0.25) is 14.7 Å². The van der Waals surface area contributed by atoms with Gasteiger partial charge in [-0.25, -0.2) is 0 Å². The first-order valence-electron chi connectivity index (χ1n) is 7.52. The first kappa shape index (κ1) is 15.9. The van der Waals surface area contributed by atoms with Gasteiger partial charge in [0.05, 0.1) is 18.8 Å². The minimum Gasteiger partial charge on any atom is -0.379 e. The van der Waals surface area contributed by atoms with E-state index in [-0.39, 0.29) is 5.91 Å². The Bertz CT molecular complexity index is 673. The molecule has 5 nitrogen and oxygen atoms in total. The van der Waals surface area contributed by atoms with Crippen molar-refractivity contribution in [3.8, 4) is 0 Å². The van der Waals surface area contributed by atoms with Gasteiger partial charge in [0.1, 0.15) is 0 Å². The van der Waals surface area contributed by atoms with Crippen molar-refractivity contribution in [2.45, 2.75) is 6.54 Å². The molecule has 0 radical (unpaired) electrons. The monoisotopic (exact) mass is 331 g/mol. The number of nitrogens with one attached hydrogen (secondary N) is 1. The summed E-state index contributed by atoms with van der Waals surface area (Å²) in [4.78, 5) is 18.4. The third-order valence-electron chi connectivity index (χ3n) is 3.73. The van der Waals surface area contributed by atoms with E-state index in [0.29, 0.717) is 16.3 Å².